The van der Waals surface area contributed by atoms with Gasteiger partial charge in [-0.15, -0.1) is 0 Å². The summed E-state index contributed by atoms with van der Waals surface area (Å²) in [5.74, 6) is 4.09. The van der Waals surface area contributed by atoms with Gasteiger partial charge >= 0.3 is 0 Å². The lowest BCUT2D eigenvalue weighted by atomic mass is 9.52. The maximum atomic E-state index is 14.8. The van der Waals surface area contributed by atoms with E-state index in [0.717, 1.165) is 126 Å². The molecule has 10 aliphatic rings. The molecule has 16 heteroatoms. The highest BCUT2D eigenvalue weighted by molar-refractivity contribution is 8.77. The topological polar surface area (TPSA) is 229 Å². The van der Waals surface area contributed by atoms with Crippen LogP contribution >= 0.6 is 21.6 Å². The molecule has 15 atom stereocenters. The number of rotatable bonds is 13. The van der Waals surface area contributed by atoms with E-state index < -0.39 is 18.9 Å². The van der Waals surface area contributed by atoms with Gasteiger partial charge in [0, 0.05) is 49.6 Å². The number of carbonyl (C=O) groups excluding carboxylic acids is 2. The molecular weight excluding hydrogens is 1210 g/mol. The van der Waals surface area contributed by atoms with Crippen LogP contribution in [0.4, 0.5) is 0 Å². The number of fused-ring (bicyclic) bond motifs is 7. The molecule has 11 bridgehead atoms. The molecule has 6 aliphatic carbocycles. The minimum atomic E-state index is -0.519. The second kappa shape index (κ2) is 30.0. The van der Waals surface area contributed by atoms with Crippen LogP contribution in [0.25, 0.3) is 5.57 Å². The zero-order chi connectivity index (χ0) is 64.9. The van der Waals surface area contributed by atoms with Crippen molar-refractivity contribution in [2.24, 2.45) is 74.6 Å². The monoisotopic (exact) mass is 1310 g/mol. The van der Waals surface area contributed by atoms with Crippen LogP contribution in [-0.4, -0.2) is 115 Å². The first kappa shape index (κ1) is 66.9. The number of carbonyl (C=O) groups is 2. The third-order valence-electron chi connectivity index (χ3n) is 24.0. The van der Waals surface area contributed by atoms with Crippen molar-refractivity contribution in [3.8, 4) is 11.5 Å². The number of allylic oxidation sites excluding steroid dienone is 3. The summed E-state index contributed by atoms with van der Waals surface area (Å²) < 4.78 is 5.75. The molecule has 4 heterocycles. The number of ether oxygens (including phenoxy) is 1. The number of Topliss-reactive ketones (excluding diaryl/α,β-unsaturated/α-hetero) is 1. The SMILES string of the molecule is COc1cc2c(cc1O)CC1=CNC(N)C(=C1CCc1cccc(CCc3ccccc3)c1)C1Cc3cccc(c3)CC(CNC(N)=NCSS1)C1CCC3(C1)C(NCC(C)O)CC1(CC4C5CCNCC5CC5C=CCNC54)CC(CCC13)CC(=O)CC(=O)C=C2CO. The summed E-state index contributed by atoms with van der Waals surface area (Å²) in [7, 11) is 4.97. The Morgan fingerprint density at radius 2 is 1.65 bits per heavy atom. The van der Waals surface area contributed by atoms with Crippen LogP contribution in [0.15, 0.2) is 137 Å². The summed E-state index contributed by atoms with van der Waals surface area (Å²) in [6, 6.07) is 32.9. The predicted octanol–water partition coefficient (Wildman–Crippen LogP) is 10.5. The number of hydrogen-bond donors (Lipinski definition) is 10. The van der Waals surface area contributed by atoms with Gasteiger partial charge in [-0.1, -0.05) is 113 Å². The van der Waals surface area contributed by atoms with Gasteiger partial charge in [-0.05, 0) is 267 Å². The van der Waals surface area contributed by atoms with E-state index in [4.69, 9.17) is 21.2 Å². The van der Waals surface area contributed by atoms with Gasteiger partial charge in [0.05, 0.1) is 38.3 Å². The minimum absolute atomic E-state index is 0.0173. The van der Waals surface area contributed by atoms with E-state index in [2.05, 4.69) is 118 Å². The number of piperidine rings is 1. The first-order valence-electron chi connectivity index (χ1n) is 35.5. The lowest BCUT2D eigenvalue weighted by molar-refractivity contribution is -0.126. The van der Waals surface area contributed by atoms with Crippen molar-refractivity contribution in [3.63, 3.8) is 0 Å². The fraction of sp³-hybridized carbons (Fsp3) is 0.551. The quantitative estimate of drug-likeness (QED) is 0.0341. The first-order chi connectivity index (χ1) is 45.7. The molecule has 5 fully saturated rings. The highest BCUT2D eigenvalue weighted by Gasteiger charge is 2.66. The molecule has 4 aromatic rings. The number of phenolic OH excluding ortho intramolecular Hbond substituents is 1. The number of aryl methyl sites for hydroxylation is 3. The molecule has 4 saturated carbocycles. The van der Waals surface area contributed by atoms with E-state index in [1.807, 2.05) is 13.1 Å². The number of benzene rings is 4. The first-order valence-corrected chi connectivity index (χ1v) is 37.9. The lowest BCUT2D eigenvalue weighted by Crippen LogP contribution is -2.57. The van der Waals surface area contributed by atoms with Crippen molar-refractivity contribution in [1.29, 1.82) is 0 Å². The van der Waals surface area contributed by atoms with E-state index in [1.54, 1.807) is 33.7 Å². The largest absolute Gasteiger partial charge is 0.504 e. The molecule has 0 amide bonds. The molecule has 12 N–H and O–H groups in total. The lowest BCUT2D eigenvalue weighted by Gasteiger charge is -2.55. The number of guanidine groups is 1. The fourth-order valence-electron chi connectivity index (χ4n) is 20.0. The number of ketones is 2. The number of phenols is 1. The number of aliphatic hydroxyl groups is 2. The van der Waals surface area contributed by atoms with Crippen LogP contribution < -0.4 is 42.8 Å². The van der Waals surface area contributed by atoms with Gasteiger partial charge in [-0.2, -0.15) is 0 Å². The van der Waals surface area contributed by atoms with E-state index in [9.17, 15) is 24.9 Å². The van der Waals surface area contributed by atoms with E-state index >= 15 is 0 Å². The molecule has 4 aliphatic heterocycles. The maximum absolute atomic E-state index is 14.8. The van der Waals surface area contributed by atoms with Crippen LogP contribution in [0.3, 0.4) is 0 Å². The highest BCUT2D eigenvalue weighted by Crippen LogP contribution is 2.71. The average molecular weight is 1310 g/mol. The molecule has 94 heavy (non-hydrogen) atoms. The highest BCUT2D eigenvalue weighted by atomic mass is 33.1. The summed E-state index contributed by atoms with van der Waals surface area (Å²) in [5.41, 5.74) is 25.5. The van der Waals surface area contributed by atoms with E-state index in [1.165, 1.54) is 53.8 Å². The van der Waals surface area contributed by atoms with Gasteiger partial charge < -0.3 is 58.1 Å². The predicted molar refractivity (Wildman–Crippen MR) is 381 cm³/mol. The Morgan fingerprint density at radius 3 is 2.47 bits per heavy atom. The van der Waals surface area contributed by atoms with E-state index in [0.29, 0.717) is 95.9 Å². The van der Waals surface area contributed by atoms with Crippen LogP contribution in [0.5, 0.6) is 11.5 Å². The number of aliphatic imine (C=N–C) groups is 1. The number of nitrogens with two attached hydrogens (primary N) is 2. The average Bonchev–Trinajstić information content (AvgIpc) is 1.55. The zero-order valence-electron chi connectivity index (χ0n) is 55.3. The normalized spacial score (nSPS) is 32.5. The molecule has 0 aromatic heterocycles. The standard InChI is InChI=1S/C78H102N8O6S2/c1-48(88)42-83-72-41-77(40-67-64-23-26-81-43-59(64)32-55-15-8-25-82-74(55)67)38-54-19-21-71(77)78(72)24-22-56(39-78)58-29-52-13-7-14-53(28-52)31-70(94-93-47-86-76(80)85-44-58)73-65(20-18-51-12-6-11-50(27-51)17-16-49-9-4-3-5-10-49)60(45-84-75(73)79)33-57-35-68(91)69(92-2)37-66(57)61(46-87)34-63(90)36-62(89)30-54/h3-15,27-28,34-35,37,45,48,54-56,58-59,64,67,70-72,74-75,81-84,87-88,91H,16-26,29-33,36,38-44,46-47,79H2,1-2H3,(H3,80,85,86). The van der Waals surface area contributed by atoms with Gasteiger partial charge in [0.2, 0.25) is 0 Å². The van der Waals surface area contributed by atoms with Gasteiger partial charge in [0.1, 0.15) is 5.78 Å². The van der Waals surface area contributed by atoms with Gasteiger partial charge in [-0.25, -0.2) is 4.99 Å². The second-order valence-electron chi connectivity index (χ2n) is 29.7. The van der Waals surface area contributed by atoms with Crippen molar-refractivity contribution in [2.45, 2.75) is 159 Å². The maximum Gasteiger partial charge on any atom is 0.189 e. The number of aliphatic hydroxyl groups excluding tert-OH is 2. The van der Waals surface area contributed by atoms with Crippen LogP contribution in [0, 0.1) is 58.2 Å². The third-order valence-corrected chi connectivity index (χ3v) is 26.4. The molecule has 1 spiro atoms. The van der Waals surface area contributed by atoms with Crippen LogP contribution in [0.2, 0.25) is 0 Å². The molecule has 4 aromatic carbocycles. The minimum Gasteiger partial charge on any atom is -0.504 e. The Labute approximate surface area is 565 Å². The third kappa shape index (κ3) is 14.9. The summed E-state index contributed by atoms with van der Waals surface area (Å²) in [6.07, 6.45) is 23.4. The molecular formula is C78H102N8O6S2. The summed E-state index contributed by atoms with van der Waals surface area (Å²) in [5, 5.41) is 53.4. The van der Waals surface area contributed by atoms with Crippen LogP contribution in [-0.2, 0) is 48.1 Å². The Balaban J connectivity index is 0.907. The Morgan fingerprint density at radius 1 is 0.851 bits per heavy atom. The molecule has 14 nitrogen and oxygen atoms in total. The smallest absolute Gasteiger partial charge is 0.189 e. The van der Waals surface area contributed by atoms with Crippen molar-refractivity contribution >= 4 is 44.7 Å². The summed E-state index contributed by atoms with van der Waals surface area (Å²) >= 11 is 0. The second-order valence-corrected chi connectivity index (χ2v) is 32.3. The molecule has 14 rings (SSSR count). The number of aromatic hydroxyl groups is 1. The number of methoxy groups -OCH3 is 1. The Hall–Kier alpha value is -5.69. The number of hydrogen-bond acceptors (Lipinski definition) is 16. The molecule has 502 valence electrons. The van der Waals surface area contributed by atoms with Crippen molar-refractivity contribution in [2.75, 3.05) is 52.3 Å². The van der Waals surface area contributed by atoms with Gasteiger partial charge in [0.15, 0.2) is 23.2 Å². The molecule has 15 unspecified atom stereocenters. The number of nitrogens with zero attached hydrogens (tertiary/aromatic N) is 1. The Kier molecular flexibility index (Phi) is 21.3. The van der Waals surface area contributed by atoms with Gasteiger partial charge in [-0.3, -0.25) is 9.59 Å². The summed E-state index contributed by atoms with van der Waals surface area (Å²) in [4.78, 5) is 34.5. The van der Waals surface area contributed by atoms with Gasteiger partial charge in [0.25, 0.3) is 0 Å². The number of nitrogens with one attached hydrogen (secondary N) is 5. The molecule has 0 radical (unpaired) electrons. The summed E-state index contributed by atoms with van der Waals surface area (Å²) in [6.45, 7) is 5.70. The Bertz CT molecular complexity index is 3520. The fourth-order valence-corrected chi connectivity index (χ4v) is 22.4. The van der Waals surface area contributed by atoms with Crippen molar-refractivity contribution in [1.82, 2.24) is 26.6 Å². The van der Waals surface area contributed by atoms with Crippen LogP contribution in [0.1, 0.15) is 129 Å². The van der Waals surface area contributed by atoms with E-state index in [-0.39, 0.29) is 63.4 Å². The number of dihydropyridines is 1. The molecule has 1 saturated heterocycles. The van der Waals surface area contributed by atoms with Crippen molar-refractivity contribution < 1.29 is 29.6 Å². The van der Waals surface area contributed by atoms with Crippen molar-refractivity contribution in [3.05, 3.63) is 171 Å². The zero-order valence-corrected chi connectivity index (χ0v) is 57.0.